The van der Waals surface area contributed by atoms with Gasteiger partial charge in [0.2, 0.25) is 10.0 Å². The molecular weight excluding hydrogens is 267 g/mol. The van der Waals surface area contributed by atoms with Gasteiger partial charge in [-0.1, -0.05) is 0 Å². The third-order valence-corrected chi connectivity index (χ3v) is 5.00. The van der Waals surface area contributed by atoms with Gasteiger partial charge >= 0.3 is 6.18 Å². The largest absolute Gasteiger partial charge is 0.402 e. The number of halogens is 4. The zero-order valence-electron chi connectivity index (χ0n) is 9.25. The van der Waals surface area contributed by atoms with Crippen molar-refractivity contribution in [2.75, 3.05) is 12.4 Å². The number of nitrogens with zero attached hydrogens (tertiary/aromatic N) is 1. The van der Waals surface area contributed by atoms with Crippen molar-refractivity contribution in [2.45, 2.75) is 38.2 Å². The third kappa shape index (κ3) is 4.47. The third-order valence-electron chi connectivity index (χ3n) is 1.96. The van der Waals surface area contributed by atoms with E-state index in [0.29, 0.717) is 4.31 Å². The molecule has 0 aliphatic heterocycles. The molecule has 8 heteroatoms. The van der Waals surface area contributed by atoms with Crippen LogP contribution in [0, 0.1) is 0 Å². The van der Waals surface area contributed by atoms with Gasteiger partial charge in [-0.05, 0) is 20.8 Å². The quantitative estimate of drug-likeness (QED) is 0.725. The van der Waals surface area contributed by atoms with Crippen molar-refractivity contribution in [2.24, 2.45) is 0 Å². The van der Waals surface area contributed by atoms with Gasteiger partial charge in [-0.25, -0.2) is 8.42 Å². The summed E-state index contributed by atoms with van der Waals surface area (Å²) in [5.74, 6) is -0.233. The SMILES string of the molecule is CC(C)N(CC(F)(F)F)S(=O)(=O)C(C)CCl. The molecule has 0 bridgehead atoms. The van der Waals surface area contributed by atoms with Crippen LogP contribution in [0.15, 0.2) is 0 Å². The Balaban J connectivity index is 5.08. The van der Waals surface area contributed by atoms with Gasteiger partial charge in [0.15, 0.2) is 0 Å². The van der Waals surface area contributed by atoms with E-state index in [4.69, 9.17) is 11.6 Å². The fourth-order valence-electron chi connectivity index (χ4n) is 1.05. The number of hydrogen-bond donors (Lipinski definition) is 0. The van der Waals surface area contributed by atoms with Crippen LogP contribution >= 0.6 is 11.6 Å². The summed E-state index contributed by atoms with van der Waals surface area (Å²) in [6, 6.07) is -0.753. The average Bonchev–Trinajstić information content (AvgIpc) is 2.10. The maximum atomic E-state index is 12.2. The van der Waals surface area contributed by atoms with E-state index in [1.165, 1.54) is 20.8 Å². The van der Waals surface area contributed by atoms with Crippen LogP contribution in [0.2, 0.25) is 0 Å². The lowest BCUT2D eigenvalue weighted by atomic mass is 10.4. The molecule has 1 atom stereocenters. The van der Waals surface area contributed by atoms with Gasteiger partial charge in [0.1, 0.15) is 6.54 Å². The van der Waals surface area contributed by atoms with Gasteiger partial charge in [0.05, 0.1) is 5.25 Å². The highest BCUT2D eigenvalue weighted by molar-refractivity contribution is 7.89. The average molecular weight is 282 g/mol. The molecule has 0 heterocycles. The van der Waals surface area contributed by atoms with E-state index in [0.717, 1.165) is 0 Å². The predicted octanol–water partition coefficient (Wildman–Crippen LogP) is 2.22. The van der Waals surface area contributed by atoms with Gasteiger partial charge in [0, 0.05) is 11.9 Å². The van der Waals surface area contributed by atoms with Crippen LogP contribution in [0.25, 0.3) is 0 Å². The highest BCUT2D eigenvalue weighted by atomic mass is 35.5. The maximum Gasteiger partial charge on any atom is 0.402 e. The van der Waals surface area contributed by atoms with Gasteiger partial charge in [-0.3, -0.25) is 0 Å². The maximum absolute atomic E-state index is 12.2. The molecule has 0 aromatic heterocycles. The van der Waals surface area contributed by atoms with Gasteiger partial charge < -0.3 is 0 Å². The van der Waals surface area contributed by atoms with Crippen molar-refractivity contribution < 1.29 is 21.6 Å². The first-order chi connectivity index (χ1) is 7.02. The Kier molecular flexibility index (Phi) is 5.55. The number of rotatable bonds is 5. The van der Waals surface area contributed by atoms with E-state index in [1.54, 1.807) is 0 Å². The highest BCUT2D eigenvalue weighted by Crippen LogP contribution is 2.22. The molecule has 0 fully saturated rings. The minimum Gasteiger partial charge on any atom is -0.212 e. The summed E-state index contributed by atoms with van der Waals surface area (Å²) in [5, 5.41) is -1.03. The summed E-state index contributed by atoms with van der Waals surface area (Å²) in [6.45, 7) is 2.59. The predicted molar refractivity (Wildman–Crippen MR) is 57.0 cm³/mol. The van der Waals surface area contributed by atoms with E-state index in [9.17, 15) is 21.6 Å². The molecule has 3 nitrogen and oxygen atoms in total. The summed E-state index contributed by atoms with van der Waals surface area (Å²) in [7, 11) is -4.00. The van der Waals surface area contributed by atoms with E-state index in [-0.39, 0.29) is 5.88 Å². The Morgan fingerprint density at radius 1 is 1.25 bits per heavy atom. The molecule has 0 radical (unpaired) electrons. The molecule has 0 aromatic rings. The number of sulfonamides is 1. The molecule has 0 saturated carbocycles. The van der Waals surface area contributed by atoms with Crippen LogP contribution < -0.4 is 0 Å². The molecule has 0 rings (SSSR count). The first kappa shape index (κ1) is 16.0. The molecule has 0 aromatic carbocycles. The minimum atomic E-state index is -4.55. The number of alkyl halides is 4. The minimum absolute atomic E-state index is 0.233. The molecule has 0 aliphatic rings. The second-order valence-corrected chi connectivity index (χ2v) is 6.38. The second kappa shape index (κ2) is 5.55. The standard InChI is InChI=1S/C8H15ClF3NO2S/c1-6(2)13(5-8(10,11)12)16(14,15)7(3)4-9/h6-7H,4-5H2,1-3H3. The lowest BCUT2D eigenvalue weighted by Crippen LogP contribution is -2.47. The van der Waals surface area contributed by atoms with E-state index >= 15 is 0 Å². The Hall–Kier alpha value is -0.0100. The summed E-state index contributed by atoms with van der Waals surface area (Å²) in [4.78, 5) is 0. The Morgan fingerprint density at radius 3 is 1.94 bits per heavy atom. The summed E-state index contributed by atoms with van der Waals surface area (Å²) in [5.41, 5.74) is 0. The first-order valence-corrected chi connectivity index (χ1v) is 6.69. The molecule has 1 unspecified atom stereocenters. The van der Waals surface area contributed by atoms with Crippen LogP contribution in [0.3, 0.4) is 0 Å². The lowest BCUT2D eigenvalue weighted by molar-refractivity contribution is -0.138. The zero-order chi connectivity index (χ0) is 13.1. The first-order valence-electron chi connectivity index (χ1n) is 4.65. The van der Waals surface area contributed by atoms with E-state index in [2.05, 4.69) is 0 Å². The van der Waals surface area contributed by atoms with E-state index in [1.807, 2.05) is 0 Å². The molecule has 0 aliphatic carbocycles. The smallest absolute Gasteiger partial charge is 0.212 e. The topological polar surface area (TPSA) is 37.4 Å². The summed E-state index contributed by atoms with van der Waals surface area (Å²) in [6.07, 6.45) is -4.55. The Labute approximate surface area is 98.6 Å². The fourth-order valence-corrected chi connectivity index (χ4v) is 3.07. The lowest BCUT2D eigenvalue weighted by Gasteiger charge is -2.29. The highest BCUT2D eigenvalue weighted by Gasteiger charge is 2.39. The zero-order valence-corrected chi connectivity index (χ0v) is 10.8. The molecule has 0 spiro atoms. The van der Waals surface area contributed by atoms with Crippen molar-refractivity contribution >= 4 is 21.6 Å². The normalized spacial score (nSPS) is 15.8. The van der Waals surface area contributed by atoms with Crippen molar-refractivity contribution in [1.82, 2.24) is 4.31 Å². The fraction of sp³-hybridized carbons (Fsp3) is 1.00. The van der Waals surface area contributed by atoms with Crippen LogP contribution in [-0.4, -0.2) is 42.6 Å². The van der Waals surface area contributed by atoms with Crippen molar-refractivity contribution in [3.8, 4) is 0 Å². The molecule has 98 valence electrons. The van der Waals surface area contributed by atoms with Crippen LogP contribution in [0.4, 0.5) is 13.2 Å². The van der Waals surface area contributed by atoms with Gasteiger partial charge in [0.25, 0.3) is 0 Å². The molecule has 0 N–H and O–H groups in total. The van der Waals surface area contributed by atoms with Crippen molar-refractivity contribution in [1.29, 1.82) is 0 Å². The Morgan fingerprint density at radius 2 is 1.69 bits per heavy atom. The summed E-state index contributed by atoms with van der Waals surface area (Å²) < 4.78 is 60.5. The molecule has 16 heavy (non-hydrogen) atoms. The summed E-state index contributed by atoms with van der Waals surface area (Å²) >= 11 is 5.37. The number of hydrogen-bond acceptors (Lipinski definition) is 2. The van der Waals surface area contributed by atoms with Crippen molar-refractivity contribution in [3.63, 3.8) is 0 Å². The van der Waals surface area contributed by atoms with Gasteiger partial charge in [-0.2, -0.15) is 17.5 Å². The van der Waals surface area contributed by atoms with Crippen LogP contribution in [0.1, 0.15) is 20.8 Å². The van der Waals surface area contributed by atoms with Gasteiger partial charge in [-0.15, -0.1) is 11.6 Å². The Bertz CT molecular complexity index is 316. The molecule has 0 saturated heterocycles. The van der Waals surface area contributed by atoms with Crippen LogP contribution in [-0.2, 0) is 10.0 Å². The second-order valence-electron chi connectivity index (χ2n) is 3.76. The monoisotopic (exact) mass is 281 g/mol. The van der Waals surface area contributed by atoms with Crippen molar-refractivity contribution in [3.05, 3.63) is 0 Å². The van der Waals surface area contributed by atoms with Crippen LogP contribution in [0.5, 0.6) is 0 Å². The van der Waals surface area contributed by atoms with E-state index < -0.39 is 34.0 Å². The molecule has 0 amide bonds. The molecular formula is C8H15ClF3NO2S.